The van der Waals surface area contributed by atoms with Crippen LogP contribution in [0.3, 0.4) is 0 Å². The van der Waals surface area contributed by atoms with Crippen molar-refractivity contribution < 1.29 is 36.9 Å². The summed E-state index contributed by atoms with van der Waals surface area (Å²) in [5.74, 6) is -1.88. The van der Waals surface area contributed by atoms with Gasteiger partial charge in [-0.25, -0.2) is 16.8 Å². The Kier molecular flexibility index (Phi) is 9.83. The van der Waals surface area contributed by atoms with E-state index in [9.17, 15) is 36.9 Å². The van der Waals surface area contributed by atoms with E-state index in [2.05, 4.69) is 19.7 Å². The van der Waals surface area contributed by atoms with Gasteiger partial charge in [0.1, 0.15) is 11.8 Å². The van der Waals surface area contributed by atoms with Crippen molar-refractivity contribution in [2.45, 2.75) is 49.8 Å². The number of hydrogen-bond donors (Lipinski definition) is 6. The molecule has 1 heterocycles. The number of sulfonamides is 2. The summed E-state index contributed by atoms with van der Waals surface area (Å²) in [5, 5.41) is 33.1. The van der Waals surface area contributed by atoms with Crippen molar-refractivity contribution in [1.82, 2.24) is 10.0 Å². The largest absolute Gasteiger partial charge is 0.506 e. The van der Waals surface area contributed by atoms with Crippen molar-refractivity contribution in [1.29, 1.82) is 0 Å². The number of aliphatic hydroxyl groups is 1. The normalized spacial score (nSPS) is 16.7. The topological polar surface area (TPSA) is 185 Å². The molecule has 0 unspecified atom stereocenters. The minimum absolute atomic E-state index is 0.00131. The summed E-state index contributed by atoms with van der Waals surface area (Å²) in [4.78, 5) is 13.5. The van der Waals surface area contributed by atoms with Crippen molar-refractivity contribution in [3.63, 3.8) is 0 Å². The van der Waals surface area contributed by atoms with Crippen molar-refractivity contribution in [2.24, 2.45) is 5.92 Å². The number of nitrogens with one attached hydrogen (secondary N) is 3. The van der Waals surface area contributed by atoms with Crippen molar-refractivity contribution in [2.75, 3.05) is 35.5 Å². The Bertz CT molecular complexity index is 1360. The maximum atomic E-state index is 12.6. The Balaban J connectivity index is 1.53. The minimum Gasteiger partial charge on any atom is -0.506 e. The molecule has 0 amide bonds. The third kappa shape index (κ3) is 8.54. The fourth-order valence-corrected chi connectivity index (χ4v) is 6.22. The highest BCUT2D eigenvalue weighted by atomic mass is 32.2. The van der Waals surface area contributed by atoms with Crippen LogP contribution in [0.2, 0.25) is 0 Å². The van der Waals surface area contributed by atoms with Crippen LogP contribution in [0.4, 0.5) is 11.4 Å². The lowest BCUT2D eigenvalue weighted by atomic mass is 10.0. The maximum absolute atomic E-state index is 12.6. The third-order valence-electron chi connectivity index (χ3n) is 6.52. The molecule has 1 aliphatic heterocycles. The van der Waals surface area contributed by atoms with Crippen LogP contribution < -0.4 is 19.7 Å². The molecule has 2 atom stereocenters. The molecule has 39 heavy (non-hydrogen) atoms. The molecule has 0 saturated carbocycles. The average molecular weight is 585 g/mol. The number of phenols is 1. The number of carboxylic acids is 1. The number of nitrogens with zero attached hydrogens (tertiary/aromatic N) is 1. The van der Waals surface area contributed by atoms with E-state index in [4.69, 9.17) is 0 Å². The van der Waals surface area contributed by atoms with Crippen LogP contribution in [0.1, 0.15) is 38.4 Å². The molecule has 3 rings (SSSR count). The van der Waals surface area contributed by atoms with E-state index < -0.39 is 44.1 Å². The summed E-state index contributed by atoms with van der Waals surface area (Å²) >= 11 is 0. The second-order valence-corrected chi connectivity index (χ2v) is 13.5. The molecule has 0 aliphatic carbocycles. The number of aliphatic hydroxyl groups excluding tert-OH is 1. The molecule has 14 heteroatoms. The van der Waals surface area contributed by atoms with Gasteiger partial charge in [-0.05, 0) is 60.7 Å². The third-order valence-corrected chi connectivity index (χ3v) is 8.57. The predicted molar refractivity (Wildman–Crippen MR) is 148 cm³/mol. The van der Waals surface area contributed by atoms with E-state index in [0.717, 1.165) is 24.8 Å². The van der Waals surface area contributed by atoms with Crippen molar-refractivity contribution in [3.05, 3.63) is 48.0 Å². The van der Waals surface area contributed by atoms with Crippen molar-refractivity contribution in [3.8, 4) is 5.75 Å². The van der Waals surface area contributed by atoms with E-state index in [1.54, 1.807) is 26.0 Å². The second kappa shape index (κ2) is 12.5. The molecule has 0 radical (unpaired) electrons. The van der Waals surface area contributed by atoms with E-state index in [1.165, 1.54) is 30.3 Å². The minimum atomic E-state index is -3.99. The van der Waals surface area contributed by atoms with Gasteiger partial charge in [-0.1, -0.05) is 19.9 Å². The summed E-state index contributed by atoms with van der Waals surface area (Å²) in [6, 6.07) is 9.48. The lowest BCUT2D eigenvalue weighted by Gasteiger charge is -2.34. The van der Waals surface area contributed by atoms with Gasteiger partial charge in [-0.15, -0.1) is 0 Å². The summed E-state index contributed by atoms with van der Waals surface area (Å²) < 4.78 is 52.7. The highest BCUT2D eigenvalue weighted by Gasteiger charge is 2.28. The molecule has 0 spiro atoms. The number of aromatic hydroxyl groups is 1. The highest BCUT2D eigenvalue weighted by molar-refractivity contribution is 7.92. The first-order chi connectivity index (χ1) is 18.2. The summed E-state index contributed by atoms with van der Waals surface area (Å²) in [6.07, 6.45) is 1.61. The smallest absolute Gasteiger partial charge is 0.322 e. The van der Waals surface area contributed by atoms with Crippen LogP contribution in [0.15, 0.2) is 47.4 Å². The number of benzene rings is 2. The van der Waals surface area contributed by atoms with Crippen LogP contribution in [-0.4, -0.2) is 76.1 Å². The lowest BCUT2D eigenvalue weighted by Crippen LogP contribution is -2.44. The van der Waals surface area contributed by atoms with Gasteiger partial charge in [-0.3, -0.25) is 9.52 Å². The second-order valence-electron chi connectivity index (χ2n) is 10.0. The van der Waals surface area contributed by atoms with E-state index in [0.29, 0.717) is 18.7 Å². The first-order valence-corrected chi connectivity index (χ1v) is 15.9. The highest BCUT2D eigenvalue weighted by Crippen LogP contribution is 2.28. The molecule has 216 valence electrons. The number of rotatable bonds is 12. The summed E-state index contributed by atoms with van der Waals surface area (Å²) in [6.45, 7) is 4.90. The molecular formula is C25H36N4O8S2. The van der Waals surface area contributed by atoms with Gasteiger partial charge in [0.25, 0.3) is 0 Å². The van der Waals surface area contributed by atoms with Crippen LogP contribution >= 0.6 is 0 Å². The Morgan fingerprint density at radius 3 is 2.21 bits per heavy atom. The molecule has 1 aliphatic rings. The molecule has 1 fully saturated rings. The number of carboxylic acid groups (broad SMARTS) is 1. The number of anilines is 2. The Morgan fingerprint density at radius 1 is 1.05 bits per heavy atom. The van der Waals surface area contributed by atoms with E-state index in [-0.39, 0.29) is 28.9 Å². The Labute approximate surface area is 229 Å². The zero-order chi connectivity index (χ0) is 29.0. The standard InChI is InChI=1S/C25H36N4O8S2/c1-16(2)24(25(32)33)28-39(36,37)20-7-5-19(6-8-20)29-12-10-18(11-13-29)26-15-23(31)17-4-9-22(30)21(14-17)27-38(3,34)35/h4-9,14,16,18,23-24,26-28,30-31H,10-13,15H2,1-3H3,(H,32,33)/t23-,24-/m0/s1. The van der Waals surface area contributed by atoms with Gasteiger partial charge < -0.3 is 25.5 Å². The van der Waals surface area contributed by atoms with Crippen LogP contribution in [0, 0.1) is 5.92 Å². The SMILES string of the molecule is CC(C)[C@H](NS(=O)(=O)c1ccc(N2CCC(NC[C@H](O)c3ccc(O)c(NS(C)(=O)=O)c3)CC2)cc1)C(=O)O. The number of aliphatic carboxylic acids is 1. The number of carbonyl (C=O) groups is 1. The van der Waals surface area contributed by atoms with Gasteiger partial charge in [0.2, 0.25) is 20.0 Å². The fraction of sp³-hybridized carbons (Fsp3) is 0.480. The maximum Gasteiger partial charge on any atom is 0.322 e. The molecule has 1 saturated heterocycles. The quantitative estimate of drug-likeness (QED) is 0.199. The van der Waals surface area contributed by atoms with Gasteiger partial charge >= 0.3 is 5.97 Å². The molecule has 0 aromatic heterocycles. The zero-order valence-electron chi connectivity index (χ0n) is 22.0. The van der Waals surface area contributed by atoms with Gasteiger partial charge in [0.05, 0.1) is 22.9 Å². The molecule has 0 bridgehead atoms. The molecule has 12 nitrogen and oxygen atoms in total. The van der Waals surface area contributed by atoms with Crippen LogP contribution in [0.5, 0.6) is 5.75 Å². The average Bonchev–Trinajstić information content (AvgIpc) is 2.86. The molecular weight excluding hydrogens is 548 g/mol. The van der Waals surface area contributed by atoms with E-state index in [1.807, 2.05) is 0 Å². The predicted octanol–water partition coefficient (Wildman–Crippen LogP) is 1.44. The van der Waals surface area contributed by atoms with Gasteiger partial charge in [0, 0.05) is 31.4 Å². The van der Waals surface area contributed by atoms with Crippen LogP contribution in [0.25, 0.3) is 0 Å². The van der Waals surface area contributed by atoms with Crippen molar-refractivity contribution >= 4 is 37.4 Å². The monoisotopic (exact) mass is 584 g/mol. The first kappa shape index (κ1) is 30.6. The van der Waals surface area contributed by atoms with E-state index >= 15 is 0 Å². The molecule has 6 N–H and O–H groups in total. The van der Waals surface area contributed by atoms with Gasteiger partial charge in [-0.2, -0.15) is 4.72 Å². The molecule has 2 aromatic carbocycles. The number of piperidine rings is 1. The Morgan fingerprint density at radius 2 is 1.67 bits per heavy atom. The van der Waals surface area contributed by atoms with Crippen LogP contribution in [-0.2, 0) is 24.8 Å². The number of phenolic OH excluding ortho intramolecular Hbond substituents is 1. The molecule has 2 aromatic rings. The lowest BCUT2D eigenvalue weighted by molar-refractivity contribution is -0.140. The summed E-state index contributed by atoms with van der Waals surface area (Å²) in [7, 11) is -7.58. The zero-order valence-corrected chi connectivity index (χ0v) is 23.7. The Hall–Kier alpha value is -2.91. The van der Waals surface area contributed by atoms with Gasteiger partial charge in [0.15, 0.2) is 0 Å². The number of hydrogen-bond acceptors (Lipinski definition) is 9. The fourth-order valence-electron chi connectivity index (χ4n) is 4.32. The first-order valence-electron chi connectivity index (χ1n) is 12.5. The summed E-state index contributed by atoms with van der Waals surface area (Å²) in [5.41, 5.74) is 1.30.